The summed E-state index contributed by atoms with van der Waals surface area (Å²) in [6, 6.07) is 0. The van der Waals surface area contributed by atoms with Crippen molar-refractivity contribution < 1.29 is 29.2 Å². The van der Waals surface area contributed by atoms with Crippen molar-refractivity contribution in [2.45, 2.75) is 29.1 Å². The van der Waals surface area contributed by atoms with Gasteiger partial charge in [0.1, 0.15) is 38.2 Å². The number of aliphatic hydroxyl groups is 3. The standard InChI is InChI=1S/C10H14B3FN2O6S/c11-9(16-1-3(2-17)6(23)15-7(16)20)5(19)4(18)8(14,22-9)10(12,13)21/h1-2,4-5,18-19,21H,11-13H2,(H,15,20,23)/t4-,5+,8-,9-/m0/s1. The molecular formula is C10H14B3FN2O6S. The Morgan fingerprint density at radius 3 is 2.48 bits per heavy atom. The van der Waals surface area contributed by atoms with E-state index in [0.29, 0.717) is 10.9 Å². The van der Waals surface area contributed by atoms with Crippen molar-refractivity contribution in [3.05, 3.63) is 26.9 Å². The summed E-state index contributed by atoms with van der Waals surface area (Å²) in [6.45, 7) is 0. The number of nitrogens with one attached hydrogen (secondary N) is 1. The van der Waals surface area contributed by atoms with E-state index in [-0.39, 0.29) is 10.2 Å². The summed E-state index contributed by atoms with van der Waals surface area (Å²) in [4.78, 5) is 25.2. The van der Waals surface area contributed by atoms with Crippen LogP contribution >= 0.6 is 12.2 Å². The Hall–Kier alpha value is -1.27. The number of hydrogen-bond donors (Lipinski definition) is 4. The van der Waals surface area contributed by atoms with E-state index in [0.717, 1.165) is 29.7 Å². The average molecular weight is 342 g/mol. The molecule has 1 aliphatic heterocycles. The number of aromatic amines is 1. The van der Waals surface area contributed by atoms with E-state index in [1.165, 1.54) is 0 Å². The van der Waals surface area contributed by atoms with Gasteiger partial charge in [-0.2, -0.15) is 0 Å². The van der Waals surface area contributed by atoms with Crippen LogP contribution in [0.4, 0.5) is 4.39 Å². The molecule has 0 aliphatic carbocycles. The summed E-state index contributed by atoms with van der Waals surface area (Å²) < 4.78 is 20.6. The number of nitrogens with zero attached hydrogens (tertiary/aromatic N) is 1. The maximum Gasteiger partial charge on any atom is 0.328 e. The Labute approximate surface area is 137 Å². The highest BCUT2D eigenvalue weighted by atomic mass is 32.1. The van der Waals surface area contributed by atoms with Crippen molar-refractivity contribution in [2.75, 3.05) is 0 Å². The van der Waals surface area contributed by atoms with Crippen molar-refractivity contribution in [1.82, 2.24) is 9.55 Å². The van der Waals surface area contributed by atoms with Crippen LogP contribution in [0.15, 0.2) is 11.0 Å². The van der Waals surface area contributed by atoms with Gasteiger partial charge >= 0.3 is 5.69 Å². The van der Waals surface area contributed by atoms with E-state index < -0.39 is 34.8 Å². The molecular weight excluding hydrogens is 328 g/mol. The third-order valence-corrected chi connectivity index (χ3v) is 4.33. The second kappa shape index (κ2) is 5.38. The van der Waals surface area contributed by atoms with Crippen LogP contribution in [0.25, 0.3) is 0 Å². The first-order valence-corrected chi connectivity index (χ1v) is 7.08. The highest BCUT2D eigenvalue weighted by Crippen LogP contribution is 2.44. The van der Waals surface area contributed by atoms with Crippen LogP contribution in [0, 0.1) is 4.64 Å². The number of carbonyl (C=O) groups excluding carboxylic acids is 1. The highest BCUT2D eigenvalue weighted by Gasteiger charge is 2.67. The minimum Gasteiger partial charge on any atom is -0.402 e. The molecule has 1 saturated heterocycles. The number of H-pyrrole nitrogens is 1. The first kappa shape index (κ1) is 18.1. The summed E-state index contributed by atoms with van der Waals surface area (Å²) in [6.07, 6.45) is -2.68. The molecule has 2 rings (SSSR count). The first-order chi connectivity index (χ1) is 10.4. The number of alkyl halides is 1. The molecule has 0 aromatic carbocycles. The molecule has 4 atom stereocenters. The average Bonchev–Trinajstić information content (AvgIpc) is 2.61. The molecule has 2 heterocycles. The monoisotopic (exact) mass is 342 g/mol. The lowest BCUT2D eigenvalue weighted by atomic mass is 9.59. The van der Waals surface area contributed by atoms with Crippen LogP contribution in [0.2, 0.25) is 0 Å². The van der Waals surface area contributed by atoms with Crippen molar-refractivity contribution >= 4 is 42.0 Å². The molecule has 0 spiro atoms. The lowest BCUT2D eigenvalue weighted by Gasteiger charge is -2.36. The van der Waals surface area contributed by atoms with E-state index in [2.05, 4.69) is 4.98 Å². The van der Waals surface area contributed by atoms with E-state index in [1.54, 1.807) is 0 Å². The predicted molar refractivity (Wildman–Crippen MR) is 86.8 cm³/mol. The molecule has 1 fully saturated rings. The molecule has 0 amide bonds. The minimum atomic E-state index is -3.05. The number of aromatic nitrogens is 2. The van der Waals surface area contributed by atoms with Gasteiger partial charge in [-0.05, 0) is 0 Å². The lowest BCUT2D eigenvalue weighted by molar-refractivity contribution is -0.243. The van der Waals surface area contributed by atoms with Gasteiger partial charge in [-0.15, -0.1) is 0 Å². The van der Waals surface area contributed by atoms with Crippen LogP contribution in [-0.4, -0.2) is 78.2 Å². The maximum absolute atomic E-state index is 14.9. The van der Waals surface area contributed by atoms with Crippen molar-refractivity contribution in [3.63, 3.8) is 0 Å². The quantitative estimate of drug-likeness (QED) is 0.247. The molecule has 0 radical (unpaired) electrons. The molecule has 23 heavy (non-hydrogen) atoms. The fourth-order valence-electron chi connectivity index (χ4n) is 2.50. The third-order valence-electron chi connectivity index (χ3n) is 3.99. The van der Waals surface area contributed by atoms with Gasteiger partial charge in [0.05, 0.1) is 11.0 Å². The number of aldehydes is 1. The van der Waals surface area contributed by atoms with Crippen molar-refractivity contribution in [2.24, 2.45) is 0 Å². The topological polar surface area (TPSA) is 125 Å². The normalized spacial score (nSPS) is 34.4. The predicted octanol–water partition coefficient (Wildman–Crippen LogP) is -4.71. The summed E-state index contributed by atoms with van der Waals surface area (Å²) >= 11 is 4.80. The Kier molecular flexibility index (Phi) is 4.23. The summed E-state index contributed by atoms with van der Waals surface area (Å²) in [5.74, 6) is -3.05. The molecule has 0 saturated carbocycles. The van der Waals surface area contributed by atoms with Gasteiger partial charge in [-0.1, -0.05) is 12.2 Å². The van der Waals surface area contributed by atoms with E-state index in [1.807, 2.05) is 0 Å². The van der Waals surface area contributed by atoms with Crippen LogP contribution < -0.4 is 5.69 Å². The maximum atomic E-state index is 14.9. The summed E-state index contributed by atoms with van der Waals surface area (Å²) in [5, 5.41) is 28.0. The number of rotatable bonds is 3. The van der Waals surface area contributed by atoms with Gasteiger partial charge in [-0.25, -0.2) is 9.18 Å². The summed E-state index contributed by atoms with van der Waals surface area (Å²) in [7, 11) is 3.24. The van der Waals surface area contributed by atoms with E-state index in [9.17, 15) is 29.3 Å². The second-order valence-electron chi connectivity index (χ2n) is 6.08. The van der Waals surface area contributed by atoms with Crippen LogP contribution in [0.5, 0.6) is 0 Å². The smallest absolute Gasteiger partial charge is 0.328 e. The highest BCUT2D eigenvalue weighted by molar-refractivity contribution is 7.71. The fourth-order valence-corrected chi connectivity index (χ4v) is 2.68. The van der Waals surface area contributed by atoms with Crippen LogP contribution in [0.1, 0.15) is 10.4 Å². The van der Waals surface area contributed by atoms with Crippen LogP contribution in [0.3, 0.4) is 0 Å². The molecule has 0 bridgehead atoms. The number of halogens is 1. The molecule has 122 valence electrons. The Morgan fingerprint density at radius 2 is 2.04 bits per heavy atom. The van der Waals surface area contributed by atoms with Gasteiger partial charge in [0.15, 0.2) is 14.1 Å². The molecule has 1 aromatic rings. The number of hydrogen-bond acceptors (Lipinski definition) is 7. The second-order valence-corrected chi connectivity index (χ2v) is 6.49. The zero-order chi connectivity index (χ0) is 17.8. The van der Waals surface area contributed by atoms with Gasteiger partial charge < -0.3 is 20.1 Å². The number of aliphatic hydroxyl groups excluding tert-OH is 2. The van der Waals surface area contributed by atoms with Gasteiger partial charge in [0.2, 0.25) is 0 Å². The molecule has 1 aliphatic rings. The largest absolute Gasteiger partial charge is 0.402 e. The van der Waals surface area contributed by atoms with Gasteiger partial charge in [0, 0.05) is 6.20 Å². The van der Waals surface area contributed by atoms with E-state index >= 15 is 0 Å². The Balaban J connectivity index is 2.67. The van der Waals surface area contributed by atoms with Crippen molar-refractivity contribution in [1.29, 1.82) is 0 Å². The van der Waals surface area contributed by atoms with Crippen LogP contribution in [-0.2, 0) is 10.4 Å². The molecule has 8 nitrogen and oxygen atoms in total. The zero-order valence-corrected chi connectivity index (χ0v) is 13.4. The molecule has 13 heteroatoms. The van der Waals surface area contributed by atoms with Gasteiger partial charge in [-0.3, -0.25) is 14.3 Å². The summed E-state index contributed by atoms with van der Waals surface area (Å²) in [5.41, 5.74) is -3.05. The molecule has 0 unspecified atom stereocenters. The molecule has 4 N–H and O–H groups in total. The minimum absolute atomic E-state index is 0.0919. The fraction of sp³-hybridized carbons (Fsp3) is 0.500. The SMILES string of the molecule is BC(B)(O)[C@@]1(F)O[C@@](B)(n2cc(C=O)c(=S)[nH]c2=O)[C@H](O)[C@@H]1O. The first-order valence-electron chi connectivity index (χ1n) is 6.67. The Bertz CT molecular complexity index is 766. The zero-order valence-electron chi connectivity index (χ0n) is 12.6. The van der Waals surface area contributed by atoms with E-state index in [4.69, 9.17) is 17.0 Å². The third kappa shape index (κ3) is 2.52. The van der Waals surface area contributed by atoms with Gasteiger partial charge in [0.25, 0.3) is 5.85 Å². The molecule has 1 aromatic heterocycles. The lowest BCUT2D eigenvalue weighted by Crippen LogP contribution is -2.59. The van der Waals surface area contributed by atoms with Crippen molar-refractivity contribution in [3.8, 4) is 0 Å². The number of ether oxygens (including phenoxy) is 1. The number of carbonyl (C=O) groups is 1. The Morgan fingerprint density at radius 1 is 1.48 bits per heavy atom.